The number of likely N-dealkylation sites (N-methyl/N-ethyl adjacent to an activating group) is 1. The van der Waals surface area contributed by atoms with Crippen molar-refractivity contribution in [1.29, 1.82) is 0 Å². The van der Waals surface area contributed by atoms with Gasteiger partial charge in [-0.15, -0.1) is 0 Å². The summed E-state index contributed by atoms with van der Waals surface area (Å²) in [7, 11) is 0. The summed E-state index contributed by atoms with van der Waals surface area (Å²) in [6, 6.07) is 7.11. The zero-order valence-corrected chi connectivity index (χ0v) is 15.3. The van der Waals surface area contributed by atoms with Gasteiger partial charge in [0.15, 0.2) is 0 Å². The van der Waals surface area contributed by atoms with Gasteiger partial charge in [-0.3, -0.25) is 4.79 Å². The summed E-state index contributed by atoms with van der Waals surface area (Å²) < 4.78 is 0. The first-order valence-electron chi connectivity index (χ1n) is 8.43. The van der Waals surface area contributed by atoms with Crippen molar-refractivity contribution in [2.45, 2.75) is 13.8 Å². The van der Waals surface area contributed by atoms with Gasteiger partial charge in [0, 0.05) is 43.0 Å². The summed E-state index contributed by atoms with van der Waals surface area (Å²) in [4.78, 5) is 25.6. The molecular formula is C18H22ClN5O. The van der Waals surface area contributed by atoms with Gasteiger partial charge in [-0.25, -0.2) is 9.97 Å². The minimum atomic E-state index is -0.249. The number of nitrogens with zero attached hydrogens (tertiary/aromatic N) is 4. The number of carbonyl (C=O) groups is 1. The van der Waals surface area contributed by atoms with Crippen molar-refractivity contribution in [2.75, 3.05) is 42.9 Å². The van der Waals surface area contributed by atoms with Crippen LogP contribution in [0.15, 0.2) is 30.6 Å². The molecule has 1 N–H and O–H groups in total. The lowest BCUT2D eigenvalue weighted by molar-refractivity contribution is 0.102. The molecule has 0 aliphatic carbocycles. The molecular weight excluding hydrogens is 338 g/mol. The fourth-order valence-electron chi connectivity index (χ4n) is 2.89. The van der Waals surface area contributed by atoms with Crippen LogP contribution in [0.5, 0.6) is 0 Å². The van der Waals surface area contributed by atoms with Crippen molar-refractivity contribution in [3.63, 3.8) is 0 Å². The Kier molecular flexibility index (Phi) is 5.50. The first-order valence-corrected chi connectivity index (χ1v) is 8.81. The lowest BCUT2D eigenvalue weighted by Crippen LogP contribution is -2.46. The molecule has 1 aromatic carbocycles. The van der Waals surface area contributed by atoms with Gasteiger partial charge in [0.25, 0.3) is 5.91 Å². The molecule has 2 heterocycles. The van der Waals surface area contributed by atoms with Crippen LogP contribution in [0.4, 0.5) is 11.5 Å². The molecule has 25 heavy (non-hydrogen) atoms. The second-order valence-electron chi connectivity index (χ2n) is 6.10. The van der Waals surface area contributed by atoms with E-state index in [1.807, 2.05) is 13.0 Å². The van der Waals surface area contributed by atoms with Gasteiger partial charge in [-0.2, -0.15) is 0 Å². The first kappa shape index (κ1) is 17.6. The number of hydrogen-bond acceptors (Lipinski definition) is 5. The van der Waals surface area contributed by atoms with Crippen LogP contribution in [0.3, 0.4) is 0 Å². The number of nitrogens with one attached hydrogen (secondary N) is 1. The predicted octanol–water partition coefficient (Wildman–Crippen LogP) is 2.83. The van der Waals surface area contributed by atoms with Gasteiger partial charge in [0.05, 0.1) is 0 Å². The van der Waals surface area contributed by atoms with Crippen molar-refractivity contribution in [2.24, 2.45) is 0 Å². The molecule has 132 valence electrons. The molecule has 0 unspecified atom stereocenters. The number of hydrogen-bond donors (Lipinski definition) is 1. The van der Waals surface area contributed by atoms with E-state index in [1.165, 1.54) is 6.33 Å². The minimum Gasteiger partial charge on any atom is -0.354 e. The average Bonchev–Trinajstić information content (AvgIpc) is 2.64. The van der Waals surface area contributed by atoms with Crippen LogP contribution in [0.2, 0.25) is 5.02 Å². The summed E-state index contributed by atoms with van der Waals surface area (Å²) in [5.74, 6) is 0.546. The summed E-state index contributed by atoms with van der Waals surface area (Å²) in [5, 5.41) is 3.53. The maximum Gasteiger partial charge on any atom is 0.274 e. The Labute approximate surface area is 152 Å². The van der Waals surface area contributed by atoms with Gasteiger partial charge in [-0.1, -0.05) is 18.5 Å². The van der Waals surface area contributed by atoms with E-state index in [2.05, 4.69) is 32.0 Å². The number of benzene rings is 1. The molecule has 0 bridgehead atoms. The monoisotopic (exact) mass is 359 g/mol. The quantitative estimate of drug-likeness (QED) is 0.909. The maximum atomic E-state index is 12.5. The maximum absolute atomic E-state index is 12.5. The van der Waals surface area contributed by atoms with Gasteiger partial charge in [0.2, 0.25) is 0 Å². The molecule has 1 saturated heterocycles. The number of halogens is 1. The van der Waals surface area contributed by atoms with E-state index >= 15 is 0 Å². The Morgan fingerprint density at radius 1 is 1.20 bits per heavy atom. The predicted molar refractivity (Wildman–Crippen MR) is 101 cm³/mol. The molecule has 6 nitrogen and oxygen atoms in total. The molecule has 1 fully saturated rings. The SMILES string of the molecule is CCN1CCN(c2cc(C(=O)Nc3ccc(Cl)cc3C)ncn2)CC1. The highest BCUT2D eigenvalue weighted by Gasteiger charge is 2.18. The van der Waals surface area contributed by atoms with E-state index in [0.717, 1.165) is 49.8 Å². The van der Waals surface area contributed by atoms with E-state index < -0.39 is 0 Å². The highest BCUT2D eigenvalue weighted by atomic mass is 35.5. The lowest BCUT2D eigenvalue weighted by Gasteiger charge is -2.34. The molecule has 0 radical (unpaired) electrons. The second-order valence-corrected chi connectivity index (χ2v) is 6.53. The minimum absolute atomic E-state index is 0.249. The number of aromatic nitrogens is 2. The normalized spacial score (nSPS) is 15.2. The highest BCUT2D eigenvalue weighted by Crippen LogP contribution is 2.21. The fourth-order valence-corrected chi connectivity index (χ4v) is 3.12. The van der Waals surface area contributed by atoms with E-state index in [0.29, 0.717) is 10.7 Å². The lowest BCUT2D eigenvalue weighted by atomic mass is 10.2. The molecule has 7 heteroatoms. The van der Waals surface area contributed by atoms with Crippen molar-refractivity contribution >= 4 is 29.0 Å². The number of aryl methyl sites for hydroxylation is 1. The highest BCUT2D eigenvalue weighted by molar-refractivity contribution is 6.30. The molecule has 0 atom stereocenters. The Bertz CT molecular complexity index is 759. The Morgan fingerprint density at radius 3 is 2.64 bits per heavy atom. The van der Waals surface area contributed by atoms with Crippen LogP contribution in [-0.4, -0.2) is 53.5 Å². The molecule has 1 aliphatic heterocycles. The summed E-state index contributed by atoms with van der Waals surface area (Å²) >= 11 is 5.96. The molecule has 3 rings (SSSR count). The third-order valence-electron chi connectivity index (χ3n) is 4.47. The third kappa shape index (κ3) is 4.27. The van der Waals surface area contributed by atoms with Crippen LogP contribution in [-0.2, 0) is 0 Å². The summed E-state index contributed by atoms with van der Waals surface area (Å²) in [5.41, 5.74) is 1.99. The van der Waals surface area contributed by atoms with Crippen LogP contribution >= 0.6 is 11.6 Å². The number of anilines is 2. The van der Waals surface area contributed by atoms with E-state index in [9.17, 15) is 4.79 Å². The molecule has 1 aliphatic rings. The van der Waals surface area contributed by atoms with Gasteiger partial charge in [-0.05, 0) is 37.2 Å². The molecule has 1 aromatic heterocycles. The van der Waals surface area contributed by atoms with Crippen LogP contribution in [0.1, 0.15) is 23.0 Å². The smallest absolute Gasteiger partial charge is 0.274 e. The molecule has 2 aromatic rings. The topological polar surface area (TPSA) is 61.4 Å². The number of rotatable bonds is 4. The standard InChI is InChI=1S/C18H22ClN5O/c1-3-23-6-8-24(9-7-23)17-11-16(20-12-21-17)18(25)22-15-5-4-14(19)10-13(15)2/h4-5,10-12H,3,6-9H2,1-2H3,(H,22,25). The van der Waals surface area contributed by atoms with E-state index in [1.54, 1.807) is 18.2 Å². The summed E-state index contributed by atoms with van der Waals surface area (Å²) in [6.45, 7) is 8.95. The molecule has 1 amide bonds. The summed E-state index contributed by atoms with van der Waals surface area (Å²) in [6.07, 6.45) is 1.45. The van der Waals surface area contributed by atoms with Crippen molar-refractivity contribution in [3.8, 4) is 0 Å². The Morgan fingerprint density at radius 2 is 1.96 bits per heavy atom. The van der Waals surface area contributed by atoms with E-state index in [-0.39, 0.29) is 5.91 Å². The number of carbonyl (C=O) groups excluding carboxylic acids is 1. The molecule has 0 spiro atoms. The fraction of sp³-hybridized carbons (Fsp3) is 0.389. The molecule has 0 saturated carbocycles. The van der Waals surface area contributed by atoms with Crippen molar-refractivity contribution < 1.29 is 4.79 Å². The van der Waals surface area contributed by atoms with Gasteiger partial charge >= 0.3 is 0 Å². The van der Waals surface area contributed by atoms with Crippen LogP contribution < -0.4 is 10.2 Å². The number of piperazine rings is 1. The number of amides is 1. The Hall–Kier alpha value is -2.18. The Balaban J connectivity index is 1.71. The van der Waals surface area contributed by atoms with Crippen LogP contribution in [0.25, 0.3) is 0 Å². The average molecular weight is 360 g/mol. The van der Waals surface area contributed by atoms with Crippen molar-refractivity contribution in [1.82, 2.24) is 14.9 Å². The zero-order valence-electron chi connectivity index (χ0n) is 14.5. The van der Waals surface area contributed by atoms with Gasteiger partial charge < -0.3 is 15.1 Å². The first-order chi connectivity index (χ1) is 12.1. The van der Waals surface area contributed by atoms with Crippen molar-refractivity contribution in [3.05, 3.63) is 46.9 Å². The second kappa shape index (κ2) is 7.80. The van der Waals surface area contributed by atoms with Crippen LogP contribution in [0, 0.1) is 6.92 Å². The zero-order chi connectivity index (χ0) is 17.8. The van der Waals surface area contributed by atoms with Gasteiger partial charge in [0.1, 0.15) is 17.8 Å². The van der Waals surface area contributed by atoms with E-state index in [4.69, 9.17) is 11.6 Å². The third-order valence-corrected chi connectivity index (χ3v) is 4.70. The largest absolute Gasteiger partial charge is 0.354 e.